The highest BCUT2D eigenvalue weighted by atomic mass is 31.3. The SMILES string of the molecule is O=c1ccn([C@@H]2O[C@H](COP(=O)(O)OP(=O)(O)OP(=O)(O)O)[C@H](O)[C@@H]2O)c(=O)n1Cc1cc(-c2ccncc2)ccn1. The van der Waals surface area contributed by atoms with Gasteiger partial charge >= 0.3 is 29.2 Å². The molecule has 42 heavy (non-hydrogen) atoms. The van der Waals surface area contributed by atoms with Crippen molar-refractivity contribution in [2.75, 3.05) is 6.61 Å². The lowest BCUT2D eigenvalue weighted by atomic mass is 10.1. The van der Waals surface area contributed by atoms with E-state index in [0.29, 0.717) is 5.69 Å². The zero-order valence-electron chi connectivity index (χ0n) is 20.9. The van der Waals surface area contributed by atoms with Crippen LogP contribution in [0, 0.1) is 0 Å². The number of aliphatic hydroxyl groups is 2. The van der Waals surface area contributed by atoms with Gasteiger partial charge in [-0.05, 0) is 35.4 Å². The second-order valence-corrected chi connectivity index (χ2v) is 13.1. The van der Waals surface area contributed by atoms with Gasteiger partial charge in [-0.2, -0.15) is 8.62 Å². The Hall–Kier alpha value is -2.73. The van der Waals surface area contributed by atoms with Crippen LogP contribution < -0.4 is 11.2 Å². The molecule has 0 amide bonds. The van der Waals surface area contributed by atoms with Crippen LogP contribution in [-0.2, 0) is 38.1 Å². The summed E-state index contributed by atoms with van der Waals surface area (Å²) in [6, 6.07) is 7.88. The molecule has 22 heteroatoms. The van der Waals surface area contributed by atoms with Gasteiger partial charge in [-0.3, -0.25) is 28.4 Å². The van der Waals surface area contributed by atoms with E-state index in [2.05, 4.69) is 23.1 Å². The van der Waals surface area contributed by atoms with Crippen molar-refractivity contribution in [3.63, 3.8) is 0 Å². The third-order valence-corrected chi connectivity index (χ3v) is 9.48. The predicted molar refractivity (Wildman–Crippen MR) is 137 cm³/mol. The molecule has 3 aromatic rings. The number of hydrogen-bond acceptors (Lipinski definition) is 13. The Morgan fingerprint density at radius 1 is 0.881 bits per heavy atom. The van der Waals surface area contributed by atoms with E-state index in [0.717, 1.165) is 32.5 Å². The van der Waals surface area contributed by atoms with Gasteiger partial charge in [0.25, 0.3) is 5.56 Å². The molecular weight excluding hydrogens is 629 g/mol. The van der Waals surface area contributed by atoms with Gasteiger partial charge in [-0.25, -0.2) is 18.5 Å². The van der Waals surface area contributed by atoms with E-state index in [4.69, 9.17) is 14.5 Å². The first-order valence-corrected chi connectivity index (χ1v) is 16.0. The van der Waals surface area contributed by atoms with E-state index in [1.165, 1.54) is 6.20 Å². The van der Waals surface area contributed by atoms with Gasteiger partial charge in [0, 0.05) is 30.9 Å². The maximum Gasteiger partial charge on any atom is 0.490 e. The fourth-order valence-electron chi connectivity index (χ4n) is 3.89. The summed E-state index contributed by atoms with van der Waals surface area (Å²) in [6.07, 6.45) is -1.30. The Labute approximate surface area is 234 Å². The van der Waals surface area contributed by atoms with Crippen LogP contribution in [0.5, 0.6) is 0 Å². The standard InChI is InChI=1S/C20H23N4O15P3/c25-16-4-8-23(20(28)24(16)10-14-9-13(3-7-22-14)12-1-5-21-6-2-12)19-18(27)17(26)15(37-19)11-36-41(32,33)39-42(34,35)38-40(29,30)31/h1-9,15,17-19,26-27H,10-11H2,(H,32,33)(H,34,35)(H2,29,30,31)/t15-,17+,18+,19-/m1/s1. The summed E-state index contributed by atoms with van der Waals surface area (Å²) in [6.45, 7) is -1.36. The summed E-state index contributed by atoms with van der Waals surface area (Å²) >= 11 is 0. The number of phosphoric ester groups is 1. The van der Waals surface area contributed by atoms with E-state index in [-0.39, 0.29) is 6.54 Å². The molecule has 19 nitrogen and oxygen atoms in total. The minimum absolute atomic E-state index is 0.279. The molecule has 3 aromatic heterocycles. The molecule has 1 aliphatic rings. The molecule has 2 unspecified atom stereocenters. The second kappa shape index (κ2) is 12.5. The number of hydrogen-bond donors (Lipinski definition) is 6. The number of pyridine rings is 2. The highest BCUT2D eigenvalue weighted by Crippen LogP contribution is 2.66. The van der Waals surface area contributed by atoms with Crippen LogP contribution in [0.25, 0.3) is 11.1 Å². The van der Waals surface area contributed by atoms with Crippen LogP contribution in [0.1, 0.15) is 11.9 Å². The van der Waals surface area contributed by atoms with Gasteiger partial charge in [0.05, 0.1) is 18.8 Å². The zero-order valence-corrected chi connectivity index (χ0v) is 23.6. The minimum Gasteiger partial charge on any atom is -0.387 e. The molecule has 0 radical (unpaired) electrons. The van der Waals surface area contributed by atoms with Crippen LogP contribution in [0.2, 0.25) is 0 Å². The number of phosphoric acid groups is 3. The van der Waals surface area contributed by atoms with Gasteiger partial charge < -0.3 is 34.5 Å². The van der Waals surface area contributed by atoms with Gasteiger partial charge in [0.15, 0.2) is 6.23 Å². The lowest BCUT2D eigenvalue weighted by Crippen LogP contribution is -2.43. The van der Waals surface area contributed by atoms with Gasteiger partial charge in [-0.15, -0.1) is 0 Å². The molecular formula is C20H23N4O15P3. The number of aliphatic hydroxyl groups excluding tert-OH is 2. The lowest BCUT2D eigenvalue weighted by Gasteiger charge is -2.19. The number of aromatic nitrogens is 4. The van der Waals surface area contributed by atoms with E-state index < -0.39 is 65.9 Å². The predicted octanol–water partition coefficient (Wildman–Crippen LogP) is -0.522. The summed E-state index contributed by atoms with van der Waals surface area (Å²) in [4.78, 5) is 70.0. The third kappa shape index (κ3) is 8.00. The molecule has 4 rings (SSSR count). The average Bonchev–Trinajstić information content (AvgIpc) is 3.17. The fraction of sp³-hybridized carbons (Fsp3) is 0.300. The van der Waals surface area contributed by atoms with Crippen LogP contribution in [0.3, 0.4) is 0 Å². The first-order valence-electron chi connectivity index (χ1n) is 11.5. The number of ether oxygens (including phenoxy) is 1. The van der Waals surface area contributed by atoms with Crippen molar-refractivity contribution in [1.82, 2.24) is 19.1 Å². The van der Waals surface area contributed by atoms with Gasteiger partial charge in [0.2, 0.25) is 0 Å². The Kier molecular flexibility index (Phi) is 9.56. The molecule has 1 aliphatic heterocycles. The minimum atomic E-state index is -5.79. The molecule has 228 valence electrons. The highest BCUT2D eigenvalue weighted by molar-refractivity contribution is 7.66. The van der Waals surface area contributed by atoms with Crippen molar-refractivity contribution < 1.29 is 61.4 Å². The summed E-state index contributed by atoms with van der Waals surface area (Å²) in [5.41, 5.74) is 0.199. The van der Waals surface area contributed by atoms with Crippen LogP contribution >= 0.6 is 23.5 Å². The van der Waals surface area contributed by atoms with E-state index >= 15 is 0 Å². The highest BCUT2D eigenvalue weighted by Gasteiger charge is 2.47. The smallest absolute Gasteiger partial charge is 0.387 e. The zero-order chi connectivity index (χ0) is 30.9. The maximum atomic E-state index is 13.2. The fourth-order valence-corrected chi connectivity index (χ4v) is 6.92. The summed E-state index contributed by atoms with van der Waals surface area (Å²) < 4.78 is 52.8. The summed E-state index contributed by atoms with van der Waals surface area (Å²) in [5, 5.41) is 20.9. The van der Waals surface area contributed by atoms with Gasteiger partial charge in [0.1, 0.15) is 18.3 Å². The molecule has 1 fully saturated rings. The molecule has 6 atom stereocenters. The Bertz CT molecular complexity index is 1690. The molecule has 1 saturated heterocycles. The monoisotopic (exact) mass is 652 g/mol. The Morgan fingerprint density at radius 3 is 2.21 bits per heavy atom. The summed E-state index contributed by atoms with van der Waals surface area (Å²) in [5.74, 6) is 0. The van der Waals surface area contributed by atoms with E-state index in [1.807, 2.05) is 0 Å². The Morgan fingerprint density at radius 2 is 1.55 bits per heavy atom. The first-order chi connectivity index (χ1) is 19.6. The molecule has 4 heterocycles. The summed E-state index contributed by atoms with van der Waals surface area (Å²) in [7, 11) is -17.0. The Balaban J connectivity index is 1.50. The molecule has 0 aliphatic carbocycles. The molecule has 0 saturated carbocycles. The number of nitrogens with zero attached hydrogens (tertiary/aromatic N) is 4. The van der Waals surface area contributed by atoms with Crippen LogP contribution in [0.15, 0.2) is 64.7 Å². The van der Waals surface area contributed by atoms with Crippen LogP contribution in [-0.4, -0.2) is 73.8 Å². The van der Waals surface area contributed by atoms with Crippen LogP contribution in [0.4, 0.5) is 0 Å². The maximum absolute atomic E-state index is 13.2. The van der Waals surface area contributed by atoms with Crippen molar-refractivity contribution in [1.29, 1.82) is 0 Å². The van der Waals surface area contributed by atoms with Gasteiger partial charge in [-0.1, -0.05) is 0 Å². The third-order valence-electron chi connectivity index (χ3n) is 5.68. The van der Waals surface area contributed by atoms with Crippen molar-refractivity contribution in [3.05, 3.63) is 81.7 Å². The van der Waals surface area contributed by atoms with Crippen molar-refractivity contribution in [3.8, 4) is 11.1 Å². The van der Waals surface area contributed by atoms with Crippen molar-refractivity contribution in [2.24, 2.45) is 0 Å². The quantitative estimate of drug-likeness (QED) is 0.142. The van der Waals surface area contributed by atoms with Crippen molar-refractivity contribution >= 4 is 23.5 Å². The topological polar surface area (TPSA) is 279 Å². The molecule has 0 spiro atoms. The normalized spacial score (nSPS) is 23.8. The first kappa shape index (κ1) is 32.2. The van der Waals surface area contributed by atoms with Crippen molar-refractivity contribution in [2.45, 2.75) is 31.1 Å². The molecule has 0 bridgehead atoms. The second-order valence-electron chi connectivity index (χ2n) is 8.63. The van der Waals surface area contributed by atoms with E-state index in [1.54, 1.807) is 36.7 Å². The average molecular weight is 652 g/mol. The number of rotatable bonds is 11. The lowest BCUT2D eigenvalue weighted by molar-refractivity contribution is -0.0547. The largest absolute Gasteiger partial charge is 0.490 e. The van der Waals surface area contributed by atoms with E-state index in [9.17, 15) is 43.3 Å². The molecule has 0 aromatic carbocycles. The molecule has 6 N–H and O–H groups in total.